The van der Waals surface area contributed by atoms with Crippen molar-refractivity contribution in [1.29, 1.82) is 0 Å². The van der Waals surface area contributed by atoms with Crippen molar-refractivity contribution in [1.82, 2.24) is 4.98 Å². The number of hydrogen-bond donors (Lipinski definition) is 1. The fourth-order valence-corrected chi connectivity index (χ4v) is 1.10. The summed E-state index contributed by atoms with van der Waals surface area (Å²) in [7, 11) is 1.16. The molecule has 1 heterocycles. The molecular formula is C10H11F3N2O3. The van der Waals surface area contributed by atoms with Crippen molar-refractivity contribution in [2.24, 2.45) is 0 Å². The third kappa shape index (κ3) is 3.25. The van der Waals surface area contributed by atoms with Gasteiger partial charge in [-0.05, 0) is 13.0 Å². The maximum Gasteiger partial charge on any atom is 0.417 e. The second-order valence-electron chi connectivity index (χ2n) is 3.40. The quantitative estimate of drug-likeness (QED) is 0.840. The highest BCUT2D eigenvalue weighted by atomic mass is 19.4. The van der Waals surface area contributed by atoms with E-state index in [1.807, 2.05) is 0 Å². The number of pyridine rings is 1. The van der Waals surface area contributed by atoms with Crippen LogP contribution in [-0.4, -0.2) is 24.2 Å². The summed E-state index contributed by atoms with van der Waals surface area (Å²) in [6, 6.07) is 0.687. The molecule has 1 atom stereocenters. The molecule has 100 valence electrons. The fraction of sp³-hybridized carbons (Fsp3) is 0.400. The Hall–Kier alpha value is -1.99. The van der Waals surface area contributed by atoms with Crippen molar-refractivity contribution in [2.75, 3.05) is 12.8 Å². The minimum absolute atomic E-state index is 0.249. The largest absolute Gasteiger partial charge is 0.466 e. The number of halogens is 3. The van der Waals surface area contributed by atoms with Gasteiger partial charge >= 0.3 is 12.1 Å². The number of alkyl halides is 3. The summed E-state index contributed by atoms with van der Waals surface area (Å²) in [5, 5.41) is 0. The number of carbonyl (C=O) groups excluding carboxylic acids is 1. The summed E-state index contributed by atoms with van der Waals surface area (Å²) in [5.74, 6) is -0.933. The van der Waals surface area contributed by atoms with Crippen LogP contribution in [0.2, 0.25) is 0 Å². The van der Waals surface area contributed by atoms with Crippen molar-refractivity contribution in [3.63, 3.8) is 0 Å². The molecule has 0 amide bonds. The van der Waals surface area contributed by atoms with Gasteiger partial charge in [-0.3, -0.25) is 0 Å². The Kier molecular flexibility index (Phi) is 4.00. The minimum Gasteiger partial charge on any atom is -0.466 e. The zero-order valence-electron chi connectivity index (χ0n) is 9.62. The summed E-state index contributed by atoms with van der Waals surface area (Å²) in [6.07, 6.45) is -4.97. The molecule has 1 aromatic rings. The number of carbonyl (C=O) groups is 1. The molecular weight excluding hydrogens is 253 g/mol. The second kappa shape index (κ2) is 5.11. The molecule has 1 aromatic heterocycles. The highest BCUT2D eigenvalue weighted by Gasteiger charge is 2.32. The number of rotatable bonds is 3. The van der Waals surface area contributed by atoms with Crippen LogP contribution in [0.25, 0.3) is 0 Å². The van der Waals surface area contributed by atoms with E-state index in [0.717, 1.165) is 7.11 Å². The topological polar surface area (TPSA) is 74.4 Å². The van der Waals surface area contributed by atoms with Gasteiger partial charge < -0.3 is 15.2 Å². The van der Waals surface area contributed by atoms with Gasteiger partial charge in [-0.2, -0.15) is 13.2 Å². The van der Waals surface area contributed by atoms with Crippen LogP contribution in [0.4, 0.5) is 18.9 Å². The maximum atomic E-state index is 12.3. The molecule has 0 saturated heterocycles. The summed E-state index contributed by atoms with van der Waals surface area (Å²) in [6.45, 7) is 1.37. The SMILES string of the molecule is COC(=O)[C@@H](C)Oc1ncc(C(F)(F)F)cc1N. The molecule has 0 aliphatic rings. The Labute approximate surface area is 101 Å². The number of nitrogens with zero attached hydrogens (tertiary/aromatic N) is 1. The Morgan fingerprint density at radius 1 is 1.50 bits per heavy atom. The number of hydrogen-bond acceptors (Lipinski definition) is 5. The fourth-order valence-electron chi connectivity index (χ4n) is 1.10. The Bertz CT molecular complexity index is 448. The molecule has 8 heteroatoms. The lowest BCUT2D eigenvalue weighted by Crippen LogP contribution is -2.25. The zero-order valence-corrected chi connectivity index (χ0v) is 9.62. The van der Waals surface area contributed by atoms with Crippen molar-refractivity contribution < 1.29 is 27.4 Å². The first-order valence-corrected chi connectivity index (χ1v) is 4.83. The van der Waals surface area contributed by atoms with Crippen molar-refractivity contribution >= 4 is 11.7 Å². The first-order chi connectivity index (χ1) is 8.25. The number of nitrogen functional groups attached to an aromatic ring is 1. The van der Waals surface area contributed by atoms with Gasteiger partial charge in [-0.1, -0.05) is 0 Å². The van der Waals surface area contributed by atoms with Gasteiger partial charge in [0.05, 0.1) is 18.4 Å². The average molecular weight is 264 g/mol. The number of anilines is 1. The smallest absolute Gasteiger partial charge is 0.417 e. The molecule has 18 heavy (non-hydrogen) atoms. The third-order valence-corrected chi connectivity index (χ3v) is 2.03. The summed E-state index contributed by atoms with van der Waals surface area (Å²) < 4.78 is 46.4. The van der Waals surface area contributed by atoms with Crippen LogP contribution in [0, 0.1) is 0 Å². The summed E-state index contributed by atoms with van der Waals surface area (Å²) in [4.78, 5) is 14.5. The van der Waals surface area contributed by atoms with E-state index in [-0.39, 0.29) is 11.6 Å². The van der Waals surface area contributed by atoms with E-state index in [1.165, 1.54) is 6.92 Å². The molecule has 2 N–H and O–H groups in total. The number of nitrogens with two attached hydrogens (primary N) is 1. The minimum atomic E-state index is -4.53. The first kappa shape index (κ1) is 14.1. The normalized spacial score (nSPS) is 12.9. The lowest BCUT2D eigenvalue weighted by molar-refractivity contribution is -0.148. The van der Waals surface area contributed by atoms with Crippen LogP contribution in [0.3, 0.4) is 0 Å². The van der Waals surface area contributed by atoms with E-state index in [0.29, 0.717) is 12.3 Å². The van der Waals surface area contributed by atoms with E-state index >= 15 is 0 Å². The molecule has 1 rings (SSSR count). The van der Waals surface area contributed by atoms with Crippen molar-refractivity contribution in [2.45, 2.75) is 19.2 Å². The van der Waals surface area contributed by atoms with E-state index in [4.69, 9.17) is 10.5 Å². The molecule has 0 aromatic carbocycles. The van der Waals surface area contributed by atoms with Gasteiger partial charge in [-0.25, -0.2) is 9.78 Å². The van der Waals surface area contributed by atoms with Gasteiger partial charge in [0.15, 0.2) is 6.10 Å². The Morgan fingerprint density at radius 3 is 2.56 bits per heavy atom. The Morgan fingerprint density at radius 2 is 2.11 bits per heavy atom. The molecule has 0 aliphatic heterocycles. The third-order valence-electron chi connectivity index (χ3n) is 2.03. The number of methoxy groups -OCH3 is 1. The lowest BCUT2D eigenvalue weighted by Gasteiger charge is -2.14. The standard InChI is InChI=1S/C10H11F3N2O3/c1-5(9(16)17-2)18-8-7(14)3-6(4-15-8)10(11,12)13/h3-5H,14H2,1-2H3/t5-/m1/s1. The van der Waals surface area contributed by atoms with Gasteiger partial charge in [0.2, 0.25) is 5.88 Å². The summed E-state index contributed by atoms with van der Waals surface area (Å²) in [5.41, 5.74) is 4.08. The molecule has 0 spiro atoms. The van der Waals surface area contributed by atoms with Crippen molar-refractivity contribution in [3.05, 3.63) is 17.8 Å². The van der Waals surface area contributed by atoms with Gasteiger partial charge in [0.1, 0.15) is 0 Å². The highest BCUT2D eigenvalue weighted by molar-refractivity contribution is 5.74. The molecule has 0 radical (unpaired) electrons. The lowest BCUT2D eigenvalue weighted by atomic mass is 10.2. The zero-order chi connectivity index (χ0) is 13.9. The first-order valence-electron chi connectivity index (χ1n) is 4.83. The molecule has 0 bridgehead atoms. The molecule has 0 saturated carbocycles. The van der Waals surface area contributed by atoms with Crippen molar-refractivity contribution in [3.8, 4) is 5.88 Å². The molecule has 0 aliphatic carbocycles. The van der Waals surface area contributed by atoms with Crippen LogP contribution >= 0.6 is 0 Å². The molecule has 0 fully saturated rings. The average Bonchev–Trinajstić information content (AvgIpc) is 2.29. The van der Waals surface area contributed by atoms with Crippen LogP contribution in [0.15, 0.2) is 12.3 Å². The van der Waals surface area contributed by atoms with Gasteiger partial charge in [0.25, 0.3) is 0 Å². The summed E-state index contributed by atoms with van der Waals surface area (Å²) >= 11 is 0. The second-order valence-corrected chi connectivity index (χ2v) is 3.40. The number of aromatic nitrogens is 1. The number of ether oxygens (including phenoxy) is 2. The van der Waals surface area contributed by atoms with Crippen LogP contribution in [0.5, 0.6) is 5.88 Å². The maximum absolute atomic E-state index is 12.3. The monoisotopic (exact) mass is 264 g/mol. The number of esters is 1. The molecule has 0 unspecified atom stereocenters. The van der Waals surface area contributed by atoms with Crippen LogP contribution in [-0.2, 0) is 15.7 Å². The van der Waals surface area contributed by atoms with Gasteiger partial charge in [0, 0.05) is 6.20 Å². The van der Waals surface area contributed by atoms with Crippen LogP contribution < -0.4 is 10.5 Å². The molecule has 5 nitrogen and oxygen atoms in total. The van der Waals surface area contributed by atoms with E-state index in [9.17, 15) is 18.0 Å². The van der Waals surface area contributed by atoms with E-state index in [1.54, 1.807) is 0 Å². The van der Waals surface area contributed by atoms with E-state index < -0.39 is 23.8 Å². The predicted octanol–water partition coefficient (Wildman–Crippen LogP) is 1.62. The van der Waals surface area contributed by atoms with E-state index in [2.05, 4.69) is 9.72 Å². The highest BCUT2D eigenvalue weighted by Crippen LogP contribution is 2.32. The Balaban J connectivity index is 2.90. The van der Waals surface area contributed by atoms with Crippen LogP contribution in [0.1, 0.15) is 12.5 Å². The predicted molar refractivity (Wildman–Crippen MR) is 55.8 cm³/mol. The van der Waals surface area contributed by atoms with Gasteiger partial charge in [-0.15, -0.1) is 0 Å².